The van der Waals surface area contributed by atoms with Crippen LogP contribution in [0.2, 0.25) is 5.28 Å². The fourth-order valence-electron chi connectivity index (χ4n) is 3.41. The van der Waals surface area contributed by atoms with Crippen LogP contribution in [-0.2, 0) is 25.3 Å². The highest BCUT2D eigenvalue weighted by Gasteiger charge is 2.21. The highest BCUT2D eigenvalue weighted by Crippen LogP contribution is 2.37. The van der Waals surface area contributed by atoms with Crippen LogP contribution in [-0.4, -0.2) is 60.7 Å². The van der Waals surface area contributed by atoms with Gasteiger partial charge in [-0.1, -0.05) is 17.8 Å². The first-order valence-electron chi connectivity index (χ1n) is 10.9. The zero-order chi connectivity index (χ0) is 29.8. The largest absolute Gasteiger partial charge is 0.486 e. The molecule has 4 aromatic rings. The molecule has 4 rings (SSSR count). The summed E-state index contributed by atoms with van der Waals surface area (Å²) < 4.78 is 74.8. The Kier molecular flexibility index (Phi) is 9.00. The summed E-state index contributed by atoms with van der Waals surface area (Å²) >= 11 is 7.23. The first-order valence-corrected chi connectivity index (χ1v) is 15.3. The van der Waals surface area contributed by atoms with Crippen LogP contribution in [0.1, 0.15) is 0 Å². The van der Waals surface area contributed by atoms with Crippen molar-refractivity contribution >= 4 is 89.8 Å². The third-order valence-corrected chi connectivity index (χ3v) is 7.01. The molecule has 0 spiro atoms. The fourth-order valence-corrected chi connectivity index (χ4v) is 5.16. The fraction of sp³-hybridized carbons (Fsp3) is 0.0909. The van der Waals surface area contributed by atoms with Crippen molar-refractivity contribution in [2.24, 2.45) is 15.2 Å². The molecule has 19 heteroatoms. The zero-order valence-electron chi connectivity index (χ0n) is 20.8. The molecule has 1 aromatic heterocycles. The summed E-state index contributed by atoms with van der Waals surface area (Å²) in [5.41, 5.74) is 0.721. The lowest BCUT2D eigenvalue weighted by Crippen LogP contribution is -2.06. The number of methoxy groups -OCH3 is 1. The Morgan fingerprint density at radius 3 is 2.37 bits per heavy atom. The predicted molar refractivity (Wildman–Crippen MR) is 152 cm³/mol. The maximum Gasteiger partial charge on any atom is 0.446 e. The van der Waals surface area contributed by atoms with E-state index in [1.165, 1.54) is 43.1 Å². The highest BCUT2D eigenvalue weighted by molar-refractivity contribution is 7.98. The number of azo groups is 1. The SMILES string of the molecule is CO/C=N\c1cc(Nc2nc(Cl)nc(SC)n2)ccc1N=Nc1ccc2cc(OS(=O)(=O)O)ccc2c1S(=O)(=O)O. The molecule has 0 atom stereocenters. The zero-order valence-corrected chi connectivity index (χ0v) is 24.0. The van der Waals surface area contributed by atoms with Gasteiger partial charge in [0.25, 0.3) is 10.1 Å². The van der Waals surface area contributed by atoms with E-state index in [1.54, 1.807) is 18.4 Å². The molecule has 0 fully saturated rings. The summed E-state index contributed by atoms with van der Waals surface area (Å²) in [5, 5.41) is 11.7. The van der Waals surface area contributed by atoms with Crippen LogP contribution in [0.15, 0.2) is 73.8 Å². The summed E-state index contributed by atoms with van der Waals surface area (Å²) in [5.74, 6) is -0.0985. The molecule has 41 heavy (non-hydrogen) atoms. The molecule has 0 amide bonds. The maximum absolute atomic E-state index is 12.3. The second-order valence-corrected chi connectivity index (χ2v) is 11.2. The van der Waals surface area contributed by atoms with Gasteiger partial charge in [-0.2, -0.15) is 31.8 Å². The molecule has 15 nitrogen and oxygen atoms in total. The number of hydrogen-bond donors (Lipinski definition) is 3. The molecule has 0 aliphatic rings. The summed E-state index contributed by atoms with van der Waals surface area (Å²) in [6.07, 6.45) is 2.93. The number of ether oxygens (including phenoxy) is 1. The average Bonchev–Trinajstić information content (AvgIpc) is 2.89. The van der Waals surface area contributed by atoms with Crippen molar-refractivity contribution in [2.75, 3.05) is 18.7 Å². The number of rotatable bonds is 10. The molecule has 0 radical (unpaired) electrons. The van der Waals surface area contributed by atoms with Crippen molar-refractivity contribution in [3.63, 3.8) is 0 Å². The molecule has 3 N–H and O–H groups in total. The molecule has 0 bridgehead atoms. The second-order valence-electron chi connectivity index (χ2n) is 7.70. The topological polar surface area (TPSA) is 215 Å². The van der Waals surface area contributed by atoms with Crippen LogP contribution in [0.3, 0.4) is 0 Å². The van der Waals surface area contributed by atoms with Gasteiger partial charge in [0, 0.05) is 11.1 Å². The van der Waals surface area contributed by atoms with Gasteiger partial charge in [0.2, 0.25) is 11.2 Å². The van der Waals surface area contributed by atoms with Crippen LogP contribution < -0.4 is 9.50 Å². The van der Waals surface area contributed by atoms with Crippen molar-refractivity contribution < 1.29 is 34.9 Å². The van der Waals surface area contributed by atoms with E-state index < -0.39 is 25.4 Å². The molecule has 0 aliphatic carbocycles. The molecule has 0 aliphatic heterocycles. The quantitative estimate of drug-likeness (QED) is 0.0661. The minimum atomic E-state index is -4.84. The number of halogens is 1. The molecule has 0 unspecified atom stereocenters. The van der Waals surface area contributed by atoms with E-state index in [9.17, 15) is 21.4 Å². The lowest BCUT2D eigenvalue weighted by Gasteiger charge is -2.09. The molecule has 0 saturated carbocycles. The van der Waals surface area contributed by atoms with Crippen molar-refractivity contribution in [1.29, 1.82) is 0 Å². The first-order chi connectivity index (χ1) is 19.4. The van der Waals surface area contributed by atoms with Crippen molar-refractivity contribution in [2.45, 2.75) is 10.1 Å². The Bertz CT molecular complexity index is 1910. The van der Waals surface area contributed by atoms with E-state index in [1.807, 2.05) is 0 Å². The standard InChI is InChI=1S/C22H18ClN7O8S3/c1-37-11-24-18-10-13(25-21-26-20(23)27-22(28-21)39-2)4-8-16(18)29-30-17-7-3-12-9-14(38-41(34,35)36)5-6-15(12)19(17)40(31,32)33/h3-11H,1-2H3,(H,31,32,33)(H,34,35,36)(H,25,26,27,28)/b24-11-,30-29?. The maximum atomic E-state index is 12.3. The Hall–Kier alpha value is -3.94. The highest BCUT2D eigenvalue weighted by atomic mass is 35.5. The molecule has 3 aromatic carbocycles. The van der Waals surface area contributed by atoms with E-state index in [0.29, 0.717) is 10.8 Å². The van der Waals surface area contributed by atoms with Gasteiger partial charge in [-0.3, -0.25) is 9.11 Å². The molecule has 0 saturated heterocycles. The van der Waals surface area contributed by atoms with Gasteiger partial charge < -0.3 is 14.2 Å². The van der Waals surface area contributed by atoms with Gasteiger partial charge in [0.05, 0.1) is 12.8 Å². The van der Waals surface area contributed by atoms with Gasteiger partial charge in [-0.25, -0.2) is 4.99 Å². The predicted octanol–water partition coefficient (Wildman–Crippen LogP) is 5.29. The lowest BCUT2D eigenvalue weighted by molar-refractivity contribution is 0.387. The monoisotopic (exact) mass is 639 g/mol. The van der Waals surface area contributed by atoms with Crippen molar-refractivity contribution in [3.05, 3.63) is 53.8 Å². The van der Waals surface area contributed by atoms with Crippen molar-refractivity contribution in [1.82, 2.24) is 15.0 Å². The van der Waals surface area contributed by atoms with Gasteiger partial charge in [0.1, 0.15) is 22.0 Å². The first kappa shape index (κ1) is 30.0. The number of aromatic nitrogens is 3. The number of anilines is 2. The van der Waals surface area contributed by atoms with Gasteiger partial charge in [-0.15, -0.1) is 10.2 Å². The van der Waals surface area contributed by atoms with Crippen LogP contribution in [0.4, 0.5) is 28.7 Å². The number of nitrogens with zero attached hydrogens (tertiary/aromatic N) is 6. The Balaban J connectivity index is 1.74. The number of thioether (sulfide) groups is 1. The van der Waals surface area contributed by atoms with Crippen LogP contribution in [0, 0.1) is 0 Å². The third-order valence-electron chi connectivity index (χ3n) is 4.94. The smallest absolute Gasteiger partial charge is 0.446 e. The normalized spacial score (nSPS) is 12.3. The minimum Gasteiger partial charge on any atom is -0.486 e. The Labute approximate surface area is 242 Å². The van der Waals surface area contributed by atoms with E-state index in [4.69, 9.17) is 20.9 Å². The molecule has 214 valence electrons. The van der Waals surface area contributed by atoms with Crippen molar-refractivity contribution in [3.8, 4) is 5.75 Å². The number of fused-ring (bicyclic) bond motifs is 1. The minimum absolute atomic E-state index is 0.00195. The average molecular weight is 640 g/mol. The van der Waals surface area contributed by atoms with Crippen LogP contribution >= 0.6 is 23.4 Å². The van der Waals surface area contributed by atoms with Gasteiger partial charge >= 0.3 is 10.4 Å². The Morgan fingerprint density at radius 2 is 1.68 bits per heavy atom. The van der Waals surface area contributed by atoms with Gasteiger partial charge in [0.15, 0.2) is 11.6 Å². The van der Waals surface area contributed by atoms with E-state index in [2.05, 4.69) is 39.7 Å². The second kappa shape index (κ2) is 12.3. The third kappa shape index (κ3) is 7.84. The summed E-state index contributed by atoms with van der Waals surface area (Å²) in [4.78, 5) is 15.8. The number of benzene rings is 3. The number of aliphatic imine (C=N–C) groups is 1. The van der Waals surface area contributed by atoms with Crippen LogP contribution in [0.5, 0.6) is 5.75 Å². The summed E-state index contributed by atoms with van der Waals surface area (Å²) in [6.45, 7) is 0. The summed E-state index contributed by atoms with van der Waals surface area (Å²) in [6, 6.07) is 10.8. The molecule has 1 heterocycles. The summed E-state index contributed by atoms with van der Waals surface area (Å²) in [7, 11) is -8.26. The lowest BCUT2D eigenvalue weighted by atomic mass is 10.1. The molecular formula is C22H18ClN7O8S3. The van der Waals surface area contributed by atoms with E-state index in [0.717, 1.165) is 18.5 Å². The van der Waals surface area contributed by atoms with E-state index in [-0.39, 0.29) is 44.8 Å². The number of hydrogen-bond acceptors (Lipinski definition) is 14. The number of nitrogens with one attached hydrogen (secondary N) is 1. The van der Waals surface area contributed by atoms with Gasteiger partial charge in [-0.05, 0) is 65.7 Å². The van der Waals surface area contributed by atoms with E-state index >= 15 is 0 Å². The Morgan fingerprint density at radius 1 is 0.951 bits per heavy atom. The van der Waals surface area contributed by atoms with Crippen LogP contribution in [0.25, 0.3) is 10.8 Å². The molecular weight excluding hydrogens is 622 g/mol.